The fraction of sp³-hybridized carbons (Fsp3) is 0.412. The minimum atomic E-state index is 0.0101. The smallest absolute Gasteiger partial charge is 0.130 e. The van der Waals surface area contributed by atoms with E-state index in [1.54, 1.807) is 0 Å². The fourth-order valence-electron chi connectivity index (χ4n) is 2.35. The number of fused-ring (bicyclic) bond motifs is 1. The molecule has 0 unspecified atom stereocenters. The van der Waals surface area contributed by atoms with Crippen molar-refractivity contribution in [1.29, 1.82) is 5.26 Å². The lowest BCUT2D eigenvalue weighted by Gasteiger charge is -2.32. The summed E-state index contributed by atoms with van der Waals surface area (Å²) in [6, 6.07) is 11.9. The summed E-state index contributed by atoms with van der Waals surface area (Å²) in [6.45, 7) is 8.64. The lowest BCUT2D eigenvalue weighted by atomic mass is 9.93. The van der Waals surface area contributed by atoms with Crippen LogP contribution in [0.4, 0.5) is 5.82 Å². The highest BCUT2D eigenvalue weighted by Crippen LogP contribution is 2.25. The molecule has 110 valence electrons. The highest BCUT2D eigenvalue weighted by molar-refractivity contribution is 5.86. The maximum atomic E-state index is 9.38. The van der Waals surface area contributed by atoms with E-state index in [9.17, 15) is 5.26 Å². The molecule has 1 aromatic heterocycles. The Morgan fingerprint density at radius 1 is 1.33 bits per heavy atom. The van der Waals surface area contributed by atoms with Crippen LogP contribution >= 0.6 is 0 Å². The second kappa shape index (κ2) is 6.11. The number of benzene rings is 1. The minimum Gasteiger partial charge on any atom is -0.356 e. The molecule has 0 saturated carbocycles. The van der Waals surface area contributed by atoms with Crippen LogP contribution in [0.25, 0.3) is 10.9 Å². The predicted molar refractivity (Wildman–Crippen MR) is 87.2 cm³/mol. The number of hydrogen-bond acceptors (Lipinski definition) is 4. The topological polar surface area (TPSA) is 65.9 Å². The van der Waals surface area contributed by atoms with Crippen molar-refractivity contribution in [2.45, 2.75) is 20.8 Å². The van der Waals surface area contributed by atoms with E-state index in [1.807, 2.05) is 30.3 Å². The van der Waals surface area contributed by atoms with E-state index in [1.165, 1.54) is 0 Å². The number of para-hydroxylation sites is 1. The van der Waals surface area contributed by atoms with Gasteiger partial charge in [-0.1, -0.05) is 32.0 Å². The summed E-state index contributed by atoms with van der Waals surface area (Å²) in [6.07, 6.45) is 0. The molecule has 2 aromatic rings. The van der Waals surface area contributed by atoms with E-state index in [0.717, 1.165) is 29.8 Å². The molecule has 1 aromatic carbocycles. The van der Waals surface area contributed by atoms with Crippen molar-refractivity contribution < 1.29 is 0 Å². The normalized spacial score (nSPS) is 11.4. The van der Waals surface area contributed by atoms with Crippen LogP contribution in [-0.4, -0.2) is 24.6 Å². The molecule has 0 aliphatic heterocycles. The lowest BCUT2D eigenvalue weighted by Crippen LogP contribution is -2.39. The molecule has 0 amide bonds. The molecule has 4 heteroatoms. The third kappa shape index (κ3) is 3.32. The molecule has 0 bridgehead atoms. The average Bonchev–Trinajstić information content (AvgIpc) is 2.51. The number of nitriles is 1. The van der Waals surface area contributed by atoms with Crippen LogP contribution in [0.1, 0.15) is 26.3 Å². The van der Waals surface area contributed by atoms with Crippen molar-refractivity contribution in [2.75, 3.05) is 24.5 Å². The SMILES string of the molecule is CCN(CC(C)(C)CN)c1cc(C#N)c2ccccc2n1. The zero-order valence-electron chi connectivity index (χ0n) is 12.9. The Hall–Kier alpha value is -2.12. The summed E-state index contributed by atoms with van der Waals surface area (Å²) in [4.78, 5) is 6.89. The molecule has 0 radical (unpaired) electrons. The van der Waals surface area contributed by atoms with E-state index < -0.39 is 0 Å². The Morgan fingerprint density at radius 3 is 2.67 bits per heavy atom. The number of nitrogens with two attached hydrogens (primary N) is 1. The van der Waals surface area contributed by atoms with Gasteiger partial charge < -0.3 is 10.6 Å². The molecule has 0 atom stereocenters. The van der Waals surface area contributed by atoms with Crippen molar-refractivity contribution >= 4 is 16.7 Å². The highest BCUT2D eigenvalue weighted by Gasteiger charge is 2.21. The number of aromatic nitrogens is 1. The van der Waals surface area contributed by atoms with Crippen LogP contribution in [0.5, 0.6) is 0 Å². The van der Waals surface area contributed by atoms with Gasteiger partial charge in [-0.25, -0.2) is 4.98 Å². The minimum absolute atomic E-state index is 0.0101. The summed E-state index contributed by atoms with van der Waals surface area (Å²) in [7, 11) is 0. The summed E-state index contributed by atoms with van der Waals surface area (Å²) in [5.41, 5.74) is 7.37. The van der Waals surface area contributed by atoms with Gasteiger partial charge in [0, 0.05) is 18.5 Å². The van der Waals surface area contributed by atoms with Crippen molar-refractivity contribution in [3.05, 3.63) is 35.9 Å². The Kier molecular flexibility index (Phi) is 4.44. The first-order valence-corrected chi connectivity index (χ1v) is 7.25. The third-order valence-electron chi connectivity index (χ3n) is 3.70. The van der Waals surface area contributed by atoms with Crippen LogP contribution in [-0.2, 0) is 0 Å². The van der Waals surface area contributed by atoms with Crippen molar-refractivity contribution in [2.24, 2.45) is 11.1 Å². The number of anilines is 1. The van der Waals surface area contributed by atoms with Gasteiger partial charge in [-0.05, 0) is 31.0 Å². The van der Waals surface area contributed by atoms with E-state index in [0.29, 0.717) is 12.1 Å². The van der Waals surface area contributed by atoms with Gasteiger partial charge in [-0.15, -0.1) is 0 Å². The maximum absolute atomic E-state index is 9.38. The quantitative estimate of drug-likeness (QED) is 0.915. The van der Waals surface area contributed by atoms with Crippen molar-refractivity contribution in [3.63, 3.8) is 0 Å². The predicted octanol–water partition coefficient (Wildman–Crippen LogP) is 2.92. The molecular weight excluding hydrogens is 260 g/mol. The zero-order chi connectivity index (χ0) is 15.5. The maximum Gasteiger partial charge on any atom is 0.130 e. The first-order valence-electron chi connectivity index (χ1n) is 7.25. The standard InChI is InChI=1S/C17H22N4/c1-4-21(12-17(2,3)11-19)16-9-13(10-18)14-7-5-6-8-15(14)20-16/h5-9H,4,11-12,19H2,1-3H3. The molecule has 0 aliphatic rings. The van der Waals surface area contributed by atoms with Gasteiger partial charge >= 0.3 is 0 Å². The van der Waals surface area contributed by atoms with Gasteiger partial charge in [-0.2, -0.15) is 5.26 Å². The first kappa shape index (κ1) is 15.3. The molecule has 4 nitrogen and oxygen atoms in total. The van der Waals surface area contributed by atoms with Crippen molar-refractivity contribution in [3.8, 4) is 6.07 Å². The Bertz CT molecular complexity index is 670. The van der Waals surface area contributed by atoms with Crippen LogP contribution in [0, 0.1) is 16.7 Å². The largest absolute Gasteiger partial charge is 0.356 e. The van der Waals surface area contributed by atoms with Gasteiger partial charge in [0.05, 0.1) is 17.1 Å². The summed E-state index contributed by atoms with van der Waals surface area (Å²) in [5.74, 6) is 0.842. The number of hydrogen-bond donors (Lipinski definition) is 1. The van der Waals surface area contributed by atoms with Crippen LogP contribution in [0.15, 0.2) is 30.3 Å². The van der Waals surface area contributed by atoms with Gasteiger partial charge in [0.1, 0.15) is 5.82 Å². The molecule has 2 N–H and O–H groups in total. The van der Waals surface area contributed by atoms with E-state index >= 15 is 0 Å². The molecule has 21 heavy (non-hydrogen) atoms. The average molecular weight is 282 g/mol. The van der Waals surface area contributed by atoms with Gasteiger partial charge in [0.2, 0.25) is 0 Å². The molecular formula is C17H22N4. The van der Waals surface area contributed by atoms with Crippen LogP contribution < -0.4 is 10.6 Å². The highest BCUT2D eigenvalue weighted by atomic mass is 15.2. The van der Waals surface area contributed by atoms with E-state index in [2.05, 4.69) is 31.7 Å². The molecule has 0 saturated heterocycles. The lowest BCUT2D eigenvalue weighted by molar-refractivity contribution is 0.379. The number of pyridine rings is 1. The first-order chi connectivity index (χ1) is 10.0. The van der Waals surface area contributed by atoms with Gasteiger partial charge in [0.15, 0.2) is 0 Å². The second-order valence-corrected chi connectivity index (χ2v) is 6.04. The molecule has 1 heterocycles. The third-order valence-corrected chi connectivity index (χ3v) is 3.70. The zero-order valence-corrected chi connectivity index (χ0v) is 12.9. The van der Waals surface area contributed by atoms with Gasteiger partial charge in [-0.3, -0.25) is 0 Å². The molecule has 0 spiro atoms. The van der Waals surface area contributed by atoms with E-state index in [-0.39, 0.29) is 5.41 Å². The molecule has 0 fully saturated rings. The summed E-state index contributed by atoms with van der Waals surface area (Å²) < 4.78 is 0. The summed E-state index contributed by atoms with van der Waals surface area (Å²) >= 11 is 0. The van der Waals surface area contributed by atoms with Crippen LogP contribution in [0.3, 0.4) is 0 Å². The molecule has 2 rings (SSSR count). The Balaban J connectivity index is 2.47. The van der Waals surface area contributed by atoms with Crippen LogP contribution in [0.2, 0.25) is 0 Å². The molecule has 0 aliphatic carbocycles. The Morgan fingerprint density at radius 2 is 2.05 bits per heavy atom. The monoisotopic (exact) mass is 282 g/mol. The number of nitrogens with zero attached hydrogens (tertiary/aromatic N) is 3. The number of rotatable bonds is 5. The van der Waals surface area contributed by atoms with Crippen molar-refractivity contribution in [1.82, 2.24) is 4.98 Å². The summed E-state index contributed by atoms with van der Waals surface area (Å²) in [5, 5.41) is 10.3. The van der Waals surface area contributed by atoms with Gasteiger partial charge in [0.25, 0.3) is 0 Å². The fourth-order valence-corrected chi connectivity index (χ4v) is 2.35. The van der Waals surface area contributed by atoms with E-state index in [4.69, 9.17) is 10.7 Å². The Labute approximate surface area is 126 Å². The second-order valence-electron chi connectivity index (χ2n) is 6.04.